The summed E-state index contributed by atoms with van der Waals surface area (Å²) in [5.41, 5.74) is 0.0347. The van der Waals surface area contributed by atoms with Crippen molar-refractivity contribution in [2.45, 2.75) is 31.1 Å². The van der Waals surface area contributed by atoms with Crippen molar-refractivity contribution in [2.75, 3.05) is 19.8 Å². The maximum absolute atomic E-state index is 13.5. The fourth-order valence-electron chi connectivity index (χ4n) is 3.95. The molecule has 0 saturated heterocycles. The largest absolute Gasteiger partial charge is 0.494 e. The average molecular weight is 591 g/mol. The van der Waals surface area contributed by atoms with Crippen LogP contribution in [0.4, 0.5) is 13.2 Å². The van der Waals surface area contributed by atoms with Gasteiger partial charge in [-0.15, -0.1) is 0 Å². The van der Waals surface area contributed by atoms with E-state index in [-0.39, 0.29) is 26.2 Å². The monoisotopic (exact) mass is 590 g/mol. The van der Waals surface area contributed by atoms with Gasteiger partial charge >= 0.3 is 6.18 Å². The van der Waals surface area contributed by atoms with Crippen LogP contribution in [0.15, 0.2) is 82.3 Å². The molecule has 1 atom stereocenters. The van der Waals surface area contributed by atoms with Crippen LogP contribution in [0, 0.1) is 0 Å². The Balaban J connectivity index is 1.54. The molecule has 0 spiro atoms. The first kappa shape index (κ1) is 27.7. The van der Waals surface area contributed by atoms with Gasteiger partial charge < -0.3 is 19.9 Å². The van der Waals surface area contributed by atoms with Crippen molar-refractivity contribution < 1.29 is 32.5 Å². The second-order valence-corrected chi connectivity index (χ2v) is 9.69. The summed E-state index contributed by atoms with van der Waals surface area (Å²) < 4.78 is 50.9. The smallest absolute Gasteiger partial charge is 0.416 e. The molecule has 10 heteroatoms. The summed E-state index contributed by atoms with van der Waals surface area (Å²) in [7, 11) is 0. The summed E-state index contributed by atoms with van der Waals surface area (Å²) in [6.45, 7) is 0.474. The standard InChI is InChI=1S/C28H26BrF3N2O4/c29-24-5-2-1-4-21(24)16-27(26(36)33-17-19-6-10-22(11-7-19)28(30,31)32)18-38-25(34-27)20-8-12-23(13-9-20)37-15-3-14-35/h1-2,4-13,35H,3,14-18H2,(H,33,36)/t27-/m1/s1. The number of rotatable bonds is 10. The number of aliphatic hydroxyl groups is 1. The van der Waals surface area contributed by atoms with E-state index in [9.17, 15) is 18.0 Å². The van der Waals surface area contributed by atoms with E-state index < -0.39 is 23.2 Å². The number of hydrogen-bond donors (Lipinski definition) is 2. The molecule has 0 bridgehead atoms. The number of aliphatic hydroxyl groups excluding tert-OH is 1. The fourth-order valence-corrected chi connectivity index (χ4v) is 4.37. The van der Waals surface area contributed by atoms with E-state index in [2.05, 4.69) is 21.2 Å². The van der Waals surface area contributed by atoms with Crippen LogP contribution in [0.2, 0.25) is 0 Å². The lowest BCUT2D eigenvalue weighted by Gasteiger charge is -2.24. The zero-order chi connectivity index (χ0) is 27.2. The van der Waals surface area contributed by atoms with Gasteiger partial charge in [-0.3, -0.25) is 4.79 Å². The average Bonchev–Trinajstić information content (AvgIpc) is 3.34. The highest BCUT2D eigenvalue weighted by Gasteiger charge is 2.44. The number of ether oxygens (including phenoxy) is 2. The van der Waals surface area contributed by atoms with Gasteiger partial charge in [-0.2, -0.15) is 13.2 Å². The first-order chi connectivity index (χ1) is 18.2. The number of carbonyl (C=O) groups excluding carboxylic acids is 1. The van der Waals surface area contributed by atoms with E-state index in [1.165, 1.54) is 12.1 Å². The lowest BCUT2D eigenvalue weighted by Crippen LogP contribution is -2.48. The summed E-state index contributed by atoms with van der Waals surface area (Å²) in [4.78, 5) is 18.3. The molecule has 3 aromatic carbocycles. The molecule has 0 saturated carbocycles. The quantitative estimate of drug-likeness (QED) is 0.314. The van der Waals surface area contributed by atoms with E-state index in [1.54, 1.807) is 24.3 Å². The Morgan fingerprint density at radius 3 is 2.45 bits per heavy atom. The summed E-state index contributed by atoms with van der Waals surface area (Å²) in [6.07, 6.45) is -3.65. The Morgan fingerprint density at radius 2 is 1.79 bits per heavy atom. The molecule has 6 nitrogen and oxygen atoms in total. The Hall–Kier alpha value is -3.37. The maximum Gasteiger partial charge on any atom is 0.416 e. The molecule has 1 aliphatic rings. The van der Waals surface area contributed by atoms with Crippen LogP contribution in [-0.4, -0.2) is 42.3 Å². The Morgan fingerprint density at radius 1 is 1.08 bits per heavy atom. The summed E-state index contributed by atoms with van der Waals surface area (Å²) in [5.74, 6) is 0.547. The van der Waals surface area contributed by atoms with Gasteiger partial charge in [0.25, 0.3) is 5.91 Å². The van der Waals surface area contributed by atoms with E-state index in [1.807, 2.05) is 24.3 Å². The lowest BCUT2D eigenvalue weighted by molar-refractivity contribution is -0.137. The third-order valence-corrected chi connectivity index (χ3v) is 6.81. The van der Waals surface area contributed by atoms with Crippen molar-refractivity contribution in [1.29, 1.82) is 0 Å². The highest BCUT2D eigenvalue weighted by atomic mass is 79.9. The van der Waals surface area contributed by atoms with Crippen molar-refractivity contribution in [1.82, 2.24) is 5.32 Å². The normalized spacial score (nSPS) is 17.0. The molecule has 1 amide bonds. The van der Waals surface area contributed by atoms with E-state index in [0.717, 1.165) is 22.2 Å². The van der Waals surface area contributed by atoms with Crippen molar-refractivity contribution in [3.05, 3.63) is 99.5 Å². The highest BCUT2D eigenvalue weighted by Crippen LogP contribution is 2.31. The predicted octanol–water partition coefficient (Wildman–Crippen LogP) is 5.30. The van der Waals surface area contributed by atoms with E-state index in [4.69, 9.17) is 19.6 Å². The van der Waals surface area contributed by atoms with Crippen LogP contribution in [-0.2, 0) is 28.7 Å². The number of hydrogen-bond acceptors (Lipinski definition) is 5. The molecule has 1 aliphatic heterocycles. The molecule has 38 heavy (non-hydrogen) atoms. The molecule has 1 heterocycles. The number of alkyl halides is 3. The molecule has 200 valence electrons. The van der Waals surface area contributed by atoms with Gasteiger partial charge in [0.1, 0.15) is 12.4 Å². The number of benzene rings is 3. The minimum atomic E-state index is -4.43. The highest BCUT2D eigenvalue weighted by molar-refractivity contribution is 9.10. The third-order valence-electron chi connectivity index (χ3n) is 6.03. The Bertz CT molecular complexity index is 1280. The van der Waals surface area contributed by atoms with Crippen LogP contribution in [0.25, 0.3) is 0 Å². The van der Waals surface area contributed by atoms with Crippen LogP contribution in [0.5, 0.6) is 5.75 Å². The topological polar surface area (TPSA) is 80.2 Å². The number of amides is 1. The predicted molar refractivity (Wildman–Crippen MR) is 140 cm³/mol. The van der Waals surface area contributed by atoms with Crippen LogP contribution < -0.4 is 10.1 Å². The number of nitrogens with one attached hydrogen (secondary N) is 1. The molecule has 0 aliphatic carbocycles. The van der Waals surface area contributed by atoms with E-state index in [0.29, 0.717) is 35.8 Å². The molecular weight excluding hydrogens is 565 g/mol. The first-order valence-electron chi connectivity index (χ1n) is 11.9. The molecule has 4 rings (SSSR count). The van der Waals surface area contributed by atoms with Gasteiger partial charge in [-0.25, -0.2) is 4.99 Å². The summed E-state index contributed by atoms with van der Waals surface area (Å²) in [6, 6.07) is 19.2. The van der Waals surface area contributed by atoms with E-state index >= 15 is 0 Å². The van der Waals surface area contributed by atoms with Crippen molar-refractivity contribution >= 4 is 27.7 Å². The summed E-state index contributed by atoms with van der Waals surface area (Å²) >= 11 is 3.53. The fraction of sp³-hybridized carbons (Fsp3) is 0.286. The van der Waals surface area contributed by atoms with Crippen molar-refractivity contribution in [3.63, 3.8) is 0 Å². The van der Waals surface area contributed by atoms with Crippen LogP contribution in [0.1, 0.15) is 28.7 Å². The number of carbonyl (C=O) groups is 1. The first-order valence-corrected chi connectivity index (χ1v) is 12.7. The third kappa shape index (κ3) is 6.73. The van der Waals surface area contributed by atoms with Gasteiger partial charge in [0, 0.05) is 36.0 Å². The van der Waals surface area contributed by atoms with Gasteiger partial charge in [0.15, 0.2) is 5.54 Å². The van der Waals surface area contributed by atoms with Crippen LogP contribution >= 0.6 is 15.9 Å². The lowest BCUT2D eigenvalue weighted by atomic mass is 9.91. The minimum Gasteiger partial charge on any atom is -0.494 e. The van der Waals surface area contributed by atoms with Crippen molar-refractivity contribution in [3.8, 4) is 5.75 Å². The second-order valence-electron chi connectivity index (χ2n) is 8.83. The molecule has 2 N–H and O–H groups in total. The van der Waals surface area contributed by atoms with Crippen LogP contribution in [0.3, 0.4) is 0 Å². The number of aliphatic imine (C=N–C) groups is 1. The molecular formula is C28H26BrF3N2O4. The molecule has 0 unspecified atom stereocenters. The van der Waals surface area contributed by atoms with Gasteiger partial charge in [-0.1, -0.05) is 46.3 Å². The number of halogens is 4. The zero-order valence-electron chi connectivity index (χ0n) is 20.3. The second kappa shape index (κ2) is 12.0. The molecule has 0 fully saturated rings. The summed E-state index contributed by atoms with van der Waals surface area (Å²) in [5, 5.41) is 11.7. The SMILES string of the molecule is O=C(NCc1ccc(C(F)(F)F)cc1)[C@@]1(Cc2ccccc2Br)COC(c2ccc(OCCCO)cc2)=N1. The Labute approximate surface area is 226 Å². The number of nitrogens with zero attached hydrogens (tertiary/aromatic N) is 1. The maximum atomic E-state index is 13.5. The molecule has 0 radical (unpaired) electrons. The molecule has 0 aromatic heterocycles. The molecule has 3 aromatic rings. The minimum absolute atomic E-state index is 0.00271. The Kier molecular flexibility index (Phi) is 8.73. The zero-order valence-corrected chi connectivity index (χ0v) is 21.9. The van der Waals surface area contributed by atoms with Gasteiger partial charge in [0.05, 0.1) is 12.2 Å². The van der Waals surface area contributed by atoms with Gasteiger partial charge in [0.2, 0.25) is 5.90 Å². The van der Waals surface area contributed by atoms with Gasteiger partial charge in [-0.05, 0) is 53.6 Å². The van der Waals surface area contributed by atoms with Crippen molar-refractivity contribution in [2.24, 2.45) is 4.99 Å².